The van der Waals surface area contributed by atoms with Gasteiger partial charge >= 0.3 is 5.97 Å². The van der Waals surface area contributed by atoms with Crippen LogP contribution >= 0.6 is 11.6 Å². The van der Waals surface area contributed by atoms with Gasteiger partial charge in [-0.25, -0.2) is 4.79 Å². The molecule has 154 valence electrons. The van der Waals surface area contributed by atoms with Crippen LogP contribution in [-0.2, 0) is 11.2 Å². The summed E-state index contributed by atoms with van der Waals surface area (Å²) >= 11 is 6.51. The lowest BCUT2D eigenvalue weighted by Crippen LogP contribution is -2.32. The standard InChI is InChI=1S/C22H24ClNO5/c1-22(2,3)20-7-12-6-19(29-13-4-5-28-11-13)16(23)8-14(12)17-9-18(25)15(21(26)27)10-24(17)20/h6,8-10,13,20H,4-5,7,11H2,1-3H3,(H,26,27)/t13-,20+/m1/s1. The second-order valence-corrected chi connectivity index (χ2v) is 9.19. The number of pyridine rings is 1. The number of benzene rings is 1. The lowest BCUT2D eigenvalue weighted by atomic mass is 9.79. The highest BCUT2D eigenvalue weighted by molar-refractivity contribution is 6.32. The number of aromatic carboxylic acids is 1. The minimum atomic E-state index is -1.22. The number of carboxylic acids is 1. The van der Waals surface area contributed by atoms with Crippen LogP contribution < -0.4 is 10.2 Å². The zero-order valence-electron chi connectivity index (χ0n) is 16.7. The lowest BCUT2D eigenvalue weighted by Gasteiger charge is -2.39. The summed E-state index contributed by atoms with van der Waals surface area (Å²) in [5.74, 6) is -0.601. The van der Waals surface area contributed by atoms with Crippen molar-refractivity contribution in [2.24, 2.45) is 5.41 Å². The molecule has 2 aliphatic rings. The first-order chi connectivity index (χ1) is 13.6. The molecule has 1 saturated heterocycles. The van der Waals surface area contributed by atoms with Gasteiger partial charge in [-0.1, -0.05) is 32.4 Å². The van der Waals surface area contributed by atoms with Crippen molar-refractivity contribution in [2.45, 2.75) is 45.8 Å². The Morgan fingerprint density at radius 3 is 2.69 bits per heavy atom. The second-order valence-electron chi connectivity index (χ2n) is 8.78. The summed E-state index contributed by atoms with van der Waals surface area (Å²) in [6.45, 7) is 7.55. The molecule has 1 aromatic carbocycles. The molecule has 0 amide bonds. The van der Waals surface area contributed by atoms with E-state index in [1.54, 1.807) is 0 Å². The van der Waals surface area contributed by atoms with E-state index in [0.717, 1.165) is 17.5 Å². The Labute approximate surface area is 174 Å². The van der Waals surface area contributed by atoms with Gasteiger partial charge in [0.05, 0.1) is 23.9 Å². The third-order valence-corrected chi connectivity index (χ3v) is 5.97. The molecular formula is C22H24ClNO5. The van der Waals surface area contributed by atoms with Gasteiger partial charge in [0.1, 0.15) is 17.4 Å². The molecule has 2 aliphatic heterocycles. The maximum atomic E-state index is 12.4. The molecule has 2 aromatic rings. The smallest absolute Gasteiger partial charge is 0.341 e. The van der Waals surface area contributed by atoms with E-state index in [9.17, 15) is 14.7 Å². The Morgan fingerprint density at radius 1 is 1.31 bits per heavy atom. The van der Waals surface area contributed by atoms with Gasteiger partial charge in [-0.2, -0.15) is 0 Å². The predicted octanol–water partition coefficient (Wildman–Crippen LogP) is 4.18. The molecule has 0 unspecified atom stereocenters. The van der Waals surface area contributed by atoms with E-state index < -0.39 is 11.4 Å². The van der Waals surface area contributed by atoms with Gasteiger partial charge in [0.25, 0.3) is 0 Å². The van der Waals surface area contributed by atoms with Crippen LogP contribution in [0.4, 0.5) is 0 Å². The number of aromatic nitrogens is 1. The third kappa shape index (κ3) is 3.67. The Balaban J connectivity index is 1.86. The molecule has 2 atom stereocenters. The number of hydrogen-bond acceptors (Lipinski definition) is 4. The molecule has 0 bridgehead atoms. The predicted molar refractivity (Wildman–Crippen MR) is 110 cm³/mol. The maximum absolute atomic E-state index is 12.4. The number of rotatable bonds is 3. The Morgan fingerprint density at radius 2 is 2.07 bits per heavy atom. The van der Waals surface area contributed by atoms with E-state index >= 15 is 0 Å². The second kappa shape index (κ2) is 7.18. The normalized spacial score (nSPS) is 20.8. The summed E-state index contributed by atoms with van der Waals surface area (Å²) < 4.78 is 13.3. The van der Waals surface area contributed by atoms with E-state index in [4.69, 9.17) is 21.1 Å². The molecule has 1 aromatic heterocycles. The van der Waals surface area contributed by atoms with E-state index in [0.29, 0.717) is 36.1 Å². The van der Waals surface area contributed by atoms with E-state index in [2.05, 4.69) is 20.8 Å². The quantitative estimate of drug-likeness (QED) is 0.810. The summed E-state index contributed by atoms with van der Waals surface area (Å²) in [6, 6.07) is 5.15. The van der Waals surface area contributed by atoms with Crippen molar-refractivity contribution in [1.29, 1.82) is 0 Å². The first kappa shape index (κ1) is 20.0. The molecule has 0 aliphatic carbocycles. The van der Waals surface area contributed by atoms with E-state index in [1.807, 2.05) is 16.7 Å². The monoisotopic (exact) mass is 417 g/mol. The fourth-order valence-electron chi connectivity index (χ4n) is 4.09. The zero-order chi connectivity index (χ0) is 20.9. The van der Waals surface area contributed by atoms with Gasteiger partial charge in [-0.15, -0.1) is 0 Å². The molecule has 1 fully saturated rings. The minimum Gasteiger partial charge on any atom is -0.486 e. The highest BCUT2D eigenvalue weighted by atomic mass is 35.5. The average molecular weight is 418 g/mol. The fourth-order valence-corrected chi connectivity index (χ4v) is 4.30. The van der Waals surface area contributed by atoms with Crippen molar-refractivity contribution >= 4 is 17.6 Å². The Kier molecular flexibility index (Phi) is 4.95. The molecule has 4 rings (SSSR count). The number of ether oxygens (including phenoxy) is 2. The van der Waals surface area contributed by atoms with Gasteiger partial charge in [0.15, 0.2) is 5.43 Å². The molecule has 0 spiro atoms. The van der Waals surface area contributed by atoms with Crippen LogP contribution in [-0.4, -0.2) is 35.0 Å². The highest BCUT2D eigenvalue weighted by Gasteiger charge is 2.34. The van der Waals surface area contributed by atoms with Crippen LogP contribution in [0, 0.1) is 5.41 Å². The molecule has 0 radical (unpaired) electrons. The molecule has 0 saturated carbocycles. The Bertz CT molecular complexity index is 1030. The van der Waals surface area contributed by atoms with Crippen molar-refractivity contribution < 1.29 is 19.4 Å². The number of nitrogens with zero attached hydrogens (tertiary/aromatic N) is 1. The van der Waals surface area contributed by atoms with Crippen LogP contribution in [0.3, 0.4) is 0 Å². The lowest BCUT2D eigenvalue weighted by molar-refractivity contribution is 0.0693. The number of carboxylic acid groups (broad SMARTS) is 1. The largest absolute Gasteiger partial charge is 0.486 e. The van der Waals surface area contributed by atoms with Crippen LogP contribution in [0.15, 0.2) is 29.2 Å². The number of fused-ring (bicyclic) bond motifs is 3. The third-order valence-electron chi connectivity index (χ3n) is 5.67. The maximum Gasteiger partial charge on any atom is 0.341 e. The average Bonchev–Trinajstić information content (AvgIpc) is 3.13. The molecule has 3 heterocycles. The number of carbonyl (C=O) groups is 1. The summed E-state index contributed by atoms with van der Waals surface area (Å²) in [5, 5.41) is 9.87. The fraction of sp³-hybridized carbons (Fsp3) is 0.455. The van der Waals surface area contributed by atoms with Crippen molar-refractivity contribution in [3.8, 4) is 17.0 Å². The van der Waals surface area contributed by atoms with Crippen LogP contribution in [0.1, 0.15) is 49.2 Å². The summed E-state index contributed by atoms with van der Waals surface area (Å²) in [7, 11) is 0. The summed E-state index contributed by atoms with van der Waals surface area (Å²) in [6.07, 6.45) is 2.96. The molecule has 6 nitrogen and oxygen atoms in total. The van der Waals surface area contributed by atoms with Gasteiger partial charge < -0.3 is 19.1 Å². The summed E-state index contributed by atoms with van der Waals surface area (Å²) in [5.41, 5.74) is 1.66. The van der Waals surface area contributed by atoms with Crippen LogP contribution in [0.2, 0.25) is 5.02 Å². The SMILES string of the molecule is CC(C)(C)[C@@H]1Cc2cc(O[C@@H]3CCOC3)c(Cl)cc2-c2cc(=O)c(C(=O)O)cn21. The van der Waals surface area contributed by atoms with Crippen molar-refractivity contribution in [3.63, 3.8) is 0 Å². The van der Waals surface area contributed by atoms with E-state index in [1.165, 1.54) is 12.3 Å². The topological polar surface area (TPSA) is 77.8 Å². The van der Waals surface area contributed by atoms with Crippen molar-refractivity contribution in [2.75, 3.05) is 13.2 Å². The zero-order valence-corrected chi connectivity index (χ0v) is 17.5. The molecular weight excluding hydrogens is 394 g/mol. The first-order valence-corrected chi connectivity index (χ1v) is 10.1. The Hall–Kier alpha value is -2.31. The van der Waals surface area contributed by atoms with Crippen LogP contribution in [0.25, 0.3) is 11.3 Å². The first-order valence-electron chi connectivity index (χ1n) is 9.72. The minimum absolute atomic E-state index is 0.0133. The molecule has 7 heteroatoms. The molecule has 29 heavy (non-hydrogen) atoms. The van der Waals surface area contributed by atoms with E-state index in [-0.39, 0.29) is 23.1 Å². The van der Waals surface area contributed by atoms with Crippen molar-refractivity contribution in [1.82, 2.24) is 4.57 Å². The van der Waals surface area contributed by atoms with Gasteiger partial charge in [-0.05, 0) is 29.5 Å². The molecule has 1 N–H and O–H groups in total. The van der Waals surface area contributed by atoms with Crippen molar-refractivity contribution in [3.05, 3.63) is 50.8 Å². The highest BCUT2D eigenvalue weighted by Crippen LogP contribution is 2.45. The number of hydrogen-bond donors (Lipinski definition) is 1. The van der Waals surface area contributed by atoms with Crippen LogP contribution in [0.5, 0.6) is 5.75 Å². The van der Waals surface area contributed by atoms with Gasteiger partial charge in [-0.3, -0.25) is 4.79 Å². The van der Waals surface area contributed by atoms with Gasteiger partial charge in [0, 0.05) is 30.3 Å². The van der Waals surface area contributed by atoms with Gasteiger partial charge in [0.2, 0.25) is 0 Å². The number of halogens is 1. The summed E-state index contributed by atoms with van der Waals surface area (Å²) in [4.78, 5) is 23.9.